The molecule has 104 valence electrons. The SMILES string of the molecule is COc1ccccc1COC(=O)c1cc(Cl)ccc1N. The predicted molar refractivity (Wildman–Crippen MR) is 78.0 cm³/mol. The molecule has 0 heterocycles. The molecule has 0 spiro atoms. The number of carbonyl (C=O) groups is 1. The Morgan fingerprint density at radius 3 is 2.75 bits per heavy atom. The molecule has 0 amide bonds. The molecule has 0 bridgehead atoms. The topological polar surface area (TPSA) is 61.5 Å². The summed E-state index contributed by atoms with van der Waals surface area (Å²) in [7, 11) is 1.57. The summed E-state index contributed by atoms with van der Waals surface area (Å²) >= 11 is 5.84. The maximum Gasteiger partial charge on any atom is 0.340 e. The molecule has 0 aliphatic rings. The maximum atomic E-state index is 12.0. The molecule has 4 nitrogen and oxygen atoms in total. The van der Waals surface area contributed by atoms with Crippen molar-refractivity contribution in [2.45, 2.75) is 6.61 Å². The summed E-state index contributed by atoms with van der Waals surface area (Å²) in [5.41, 5.74) is 7.10. The van der Waals surface area contributed by atoms with Gasteiger partial charge in [0.05, 0.1) is 12.7 Å². The average molecular weight is 292 g/mol. The largest absolute Gasteiger partial charge is 0.496 e. The monoisotopic (exact) mass is 291 g/mol. The molecular formula is C15H14ClNO3. The van der Waals surface area contributed by atoms with Gasteiger partial charge in [-0.25, -0.2) is 4.79 Å². The first kappa shape index (κ1) is 14.2. The van der Waals surface area contributed by atoms with Gasteiger partial charge in [0.15, 0.2) is 0 Å². The third-order valence-electron chi connectivity index (χ3n) is 2.79. The Morgan fingerprint density at radius 2 is 2.00 bits per heavy atom. The lowest BCUT2D eigenvalue weighted by molar-refractivity contribution is 0.0471. The van der Waals surface area contributed by atoms with Crippen molar-refractivity contribution in [1.29, 1.82) is 0 Å². The second kappa shape index (κ2) is 6.30. The van der Waals surface area contributed by atoms with Crippen molar-refractivity contribution in [2.24, 2.45) is 0 Å². The van der Waals surface area contributed by atoms with Gasteiger partial charge in [0.1, 0.15) is 12.4 Å². The van der Waals surface area contributed by atoms with E-state index < -0.39 is 5.97 Å². The molecule has 0 saturated heterocycles. The summed E-state index contributed by atoms with van der Waals surface area (Å²) < 4.78 is 10.4. The lowest BCUT2D eigenvalue weighted by Crippen LogP contribution is -2.08. The van der Waals surface area contributed by atoms with Crippen LogP contribution in [0.1, 0.15) is 15.9 Å². The molecule has 0 radical (unpaired) electrons. The van der Waals surface area contributed by atoms with Crippen molar-refractivity contribution in [3.05, 3.63) is 58.6 Å². The Bertz CT molecular complexity index is 628. The minimum absolute atomic E-state index is 0.106. The number of carbonyl (C=O) groups excluding carboxylic acids is 1. The lowest BCUT2D eigenvalue weighted by Gasteiger charge is -2.10. The molecule has 2 N–H and O–H groups in total. The molecule has 2 aromatic rings. The zero-order valence-electron chi connectivity index (χ0n) is 10.9. The van der Waals surface area contributed by atoms with Gasteiger partial charge in [-0.15, -0.1) is 0 Å². The Hall–Kier alpha value is -2.20. The second-order valence-electron chi connectivity index (χ2n) is 4.12. The molecule has 0 aliphatic carbocycles. The number of hydrogen-bond donors (Lipinski definition) is 1. The first-order valence-electron chi connectivity index (χ1n) is 5.96. The smallest absolute Gasteiger partial charge is 0.340 e. The van der Waals surface area contributed by atoms with Gasteiger partial charge < -0.3 is 15.2 Å². The summed E-state index contributed by atoms with van der Waals surface area (Å²) in [4.78, 5) is 12.0. The number of nitrogen functional groups attached to an aromatic ring is 1. The van der Waals surface area contributed by atoms with Crippen LogP contribution in [0, 0.1) is 0 Å². The van der Waals surface area contributed by atoms with E-state index >= 15 is 0 Å². The molecule has 0 saturated carbocycles. The van der Waals surface area contributed by atoms with Crippen LogP contribution in [0.15, 0.2) is 42.5 Å². The fraction of sp³-hybridized carbons (Fsp3) is 0.133. The van der Waals surface area contributed by atoms with Crippen molar-refractivity contribution in [1.82, 2.24) is 0 Å². The lowest BCUT2D eigenvalue weighted by atomic mass is 10.2. The highest BCUT2D eigenvalue weighted by Crippen LogP contribution is 2.21. The highest BCUT2D eigenvalue weighted by atomic mass is 35.5. The van der Waals surface area contributed by atoms with E-state index in [1.165, 1.54) is 6.07 Å². The molecule has 2 rings (SSSR count). The Labute approximate surface area is 122 Å². The molecule has 0 unspecified atom stereocenters. The normalized spacial score (nSPS) is 10.1. The van der Waals surface area contributed by atoms with E-state index in [1.807, 2.05) is 18.2 Å². The first-order chi connectivity index (χ1) is 9.61. The number of esters is 1. The maximum absolute atomic E-state index is 12.0. The highest BCUT2D eigenvalue weighted by molar-refractivity contribution is 6.31. The molecular weight excluding hydrogens is 278 g/mol. The van der Waals surface area contributed by atoms with E-state index in [2.05, 4.69) is 0 Å². The number of para-hydroxylation sites is 1. The van der Waals surface area contributed by atoms with Gasteiger partial charge in [-0.2, -0.15) is 0 Å². The van der Waals surface area contributed by atoms with Crippen LogP contribution in [0.25, 0.3) is 0 Å². The predicted octanol–water partition coefficient (Wildman–Crippen LogP) is 3.29. The zero-order valence-corrected chi connectivity index (χ0v) is 11.7. The van der Waals surface area contributed by atoms with Gasteiger partial charge in [0.25, 0.3) is 0 Å². The molecule has 0 aliphatic heterocycles. The zero-order chi connectivity index (χ0) is 14.5. The van der Waals surface area contributed by atoms with E-state index in [0.29, 0.717) is 16.5 Å². The molecule has 20 heavy (non-hydrogen) atoms. The fourth-order valence-electron chi connectivity index (χ4n) is 1.75. The molecule has 0 fully saturated rings. The van der Waals surface area contributed by atoms with E-state index in [4.69, 9.17) is 26.8 Å². The van der Waals surface area contributed by atoms with E-state index in [-0.39, 0.29) is 12.2 Å². The van der Waals surface area contributed by atoms with Crippen molar-refractivity contribution < 1.29 is 14.3 Å². The van der Waals surface area contributed by atoms with Crippen LogP contribution in [0.5, 0.6) is 5.75 Å². The summed E-state index contributed by atoms with van der Waals surface area (Å²) in [6.07, 6.45) is 0. The number of anilines is 1. The van der Waals surface area contributed by atoms with Crippen LogP contribution in [0.2, 0.25) is 5.02 Å². The molecule has 2 aromatic carbocycles. The van der Waals surface area contributed by atoms with Gasteiger partial charge in [0, 0.05) is 16.3 Å². The van der Waals surface area contributed by atoms with Crippen LogP contribution in [-0.4, -0.2) is 13.1 Å². The van der Waals surface area contributed by atoms with E-state index in [1.54, 1.807) is 25.3 Å². The van der Waals surface area contributed by atoms with Crippen molar-refractivity contribution in [3.63, 3.8) is 0 Å². The van der Waals surface area contributed by atoms with Crippen molar-refractivity contribution >= 4 is 23.3 Å². The van der Waals surface area contributed by atoms with Gasteiger partial charge in [-0.05, 0) is 24.3 Å². The number of rotatable bonds is 4. The summed E-state index contributed by atoms with van der Waals surface area (Å²) in [6, 6.07) is 12.0. The van der Waals surface area contributed by atoms with E-state index in [9.17, 15) is 4.79 Å². The number of methoxy groups -OCH3 is 1. The Kier molecular flexibility index (Phi) is 4.48. The fourth-order valence-corrected chi connectivity index (χ4v) is 1.92. The Morgan fingerprint density at radius 1 is 1.25 bits per heavy atom. The minimum Gasteiger partial charge on any atom is -0.496 e. The van der Waals surface area contributed by atoms with E-state index in [0.717, 1.165) is 5.56 Å². The third kappa shape index (κ3) is 3.22. The van der Waals surface area contributed by atoms with Crippen LogP contribution in [0.4, 0.5) is 5.69 Å². The molecule has 0 atom stereocenters. The van der Waals surface area contributed by atoms with Crippen LogP contribution < -0.4 is 10.5 Å². The number of halogens is 1. The number of ether oxygens (including phenoxy) is 2. The average Bonchev–Trinajstić information content (AvgIpc) is 2.47. The molecule has 5 heteroatoms. The van der Waals surface area contributed by atoms with Gasteiger partial charge in [-0.1, -0.05) is 29.8 Å². The summed E-state index contributed by atoms with van der Waals surface area (Å²) in [5.74, 6) is 0.148. The number of hydrogen-bond acceptors (Lipinski definition) is 4. The minimum atomic E-state index is -0.518. The Balaban J connectivity index is 2.11. The second-order valence-corrected chi connectivity index (χ2v) is 4.56. The highest BCUT2D eigenvalue weighted by Gasteiger charge is 2.13. The van der Waals surface area contributed by atoms with Crippen LogP contribution in [-0.2, 0) is 11.3 Å². The summed E-state index contributed by atoms with van der Waals surface area (Å²) in [5, 5.41) is 0.434. The number of benzene rings is 2. The quantitative estimate of drug-likeness (QED) is 0.693. The standard InChI is InChI=1S/C15H14ClNO3/c1-19-14-5-3-2-4-10(14)9-20-15(18)12-8-11(16)6-7-13(12)17/h2-8H,9,17H2,1H3. The summed E-state index contributed by atoms with van der Waals surface area (Å²) in [6.45, 7) is 0.106. The molecule has 0 aromatic heterocycles. The van der Waals surface area contributed by atoms with Gasteiger partial charge >= 0.3 is 5.97 Å². The van der Waals surface area contributed by atoms with Gasteiger partial charge in [0.2, 0.25) is 0 Å². The van der Waals surface area contributed by atoms with Gasteiger partial charge in [-0.3, -0.25) is 0 Å². The first-order valence-corrected chi connectivity index (χ1v) is 6.33. The van der Waals surface area contributed by atoms with Crippen molar-refractivity contribution in [3.8, 4) is 5.75 Å². The van der Waals surface area contributed by atoms with Crippen LogP contribution in [0.3, 0.4) is 0 Å². The van der Waals surface area contributed by atoms with Crippen LogP contribution >= 0.6 is 11.6 Å². The number of nitrogens with two attached hydrogens (primary N) is 1. The van der Waals surface area contributed by atoms with Crippen molar-refractivity contribution in [2.75, 3.05) is 12.8 Å². The third-order valence-corrected chi connectivity index (χ3v) is 3.02.